The van der Waals surface area contributed by atoms with Gasteiger partial charge in [0.05, 0.1) is 17.5 Å². The Morgan fingerprint density at radius 1 is 1.35 bits per heavy atom. The molecule has 1 atom stereocenters. The maximum atomic E-state index is 12.0. The number of ether oxygens (including phenoxy) is 1. The minimum absolute atomic E-state index is 0.167. The summed E-state index contributed by atoms with van der Waals surface area (Å²) in [6.07, 6.45) is 1.72. The van der Waals surface area contributed by atoms with E-state index in [0.29, 0.717) is 24.5 Å². The zero-order valence-corrected chi connectivity index (χ0v) is 13.0. The minimum Gasteiger partial charge on any atom is -0.383 e. The molecule has 1 aromatic carbocycles. The lowest BCUT2D eigenvalue weighted by Crippen LogP contribution is -2.38. The summed E-state index contributed by atoms with van der Waals surface area (Å²) in [7, 11) is -1.70. The van der Waals surface area contributed by atoms with Gasteiger partial charge in [0, 0.05) is 24.8 Å². The van der Waals surface area contributed by atoms with Crippen LogP contribution in [0.3, 0.4) is 0 Å². The van der Waals surface area contributed by atoms with Crippen LogP contribution in [0.4, 0.5) is 0 Å². The number of rotatable bonds is 7. The van der Waals surface area contributed by atoms with Crippen LogP contribution < -0.4 is 5.32 Å². The van der Waals surface area contributed by atoms with Crippen LogP contribution >= 0.6 is 11.6 Å². The summed E-state index contributed by atoms with van der Waals surface area (Å²) in [6, 6.07) is 5.63. The first-order valence-electron chi connectivity index (χ1n) is 6.04. The molecule has 1 amide bonds. The fraction of sp³-hybridized carbons (Fsp3) is 0.462. The topological polar surface area (TPSA) is 72.5 Å². The summed E-state index contributed by atoms with van der Waals surface area (Å²) < 4.78 is 27.7. The minimum atomic E-state index is -3.25. The summed E-state index contributed by atoms with van der Waals surface area (Å²) in [5, 5.41) is 2.80. The average molecular weight is 320 g/mol. The third-order valence-corrected chi connectivity index (χ3v) is 4.05. The quantitative estimate of drug-likeness (QED) is 0.772. The van der Waals surface area contributed by atoms with E-state index in [0.717, 1.165) is 6.26 Å². The van der Waals surface area contributed by atoms with Crippen molar-refractivity contribution >= 4 is 27.3 Å². The fourth-order valence-corrected chi connectivity index (χ4v) is 2.55. The van der Waals surface area contributed by atoms with Crippen molar-refractivity contribution in [2.75, 3.05) is 25.9 Å². The van der Waals surface area contributed by atoms with Gasteiger partial charge in [0.1, 0.15) is 0 Å². The second kappa shape index (κ2) is 7.61. The average Bonchev–Trinajstić information content (AvgIpc) is 2.38. The molecule has 7 heteroatoms. The molecule has 0 fully saturated rings. The Morgan fingerprint density at radius 3 is 2.40 bits per heavy atom. The molecule has 1 N–H and O–H groups in total. The highest BCUT2D eigenvalue weighted by molar-refractivity contribution is 7.90. The van der Waals surface area contributed by atoms with Crippen molar-refractivity contribution in [3.8, 4) is 0 Å². The molecule has 5 nitrogen and oxygen atoms in total. The molecule has 1 aromatic rings. The first-order valence-corrected chi connectivity index (χ1v) is 8.47. The molecule has 112 valence electrons. The van der Waals surface area contributed by atoms with Crippen molar-refractivity contribution in [1.29, 1.82) is 0 Å². The molecule has 0 saturated heterocycles. The van der Waals surface area contributed by atoms with Crippen molar-refractivity contribution in [2.45, 2.75) is 17.4 Å². The summed E-state index contributed by atoms with van der Waals surface area (Å²) in [4.78, 5) is 12.2. The van der Waals surface area contributed by atoms with Crippen LogP contribution in [0.15, 0.2) is 29.2 Å². The maximum absolute atomic E-state index is 12.0. The Labute approximate surface area is 124 Å². The number of methoxy groups -OCH3 is 1. The lowest BCUT2D eigenvalue weighted by molar-refractivity contribution is 0.0895. The van der Waals surface area contributed by atoms with Crippen molar-refractivity contribution in [1.82, 2.24) is 5.32 Å². The smallest absolute Gasteiger partial charge is 0.251 e. The van der Waals surface area contributed by atoms with Crippen LogP contribution in [0.5, 0.6) is 0 Å². The number of carbonyl (C=O) groups excluding carboxylic acids is 1. The van der Waals surface area contributed by atoms with Crippen LogP contribution in [0, 0.1) is 0 Å². The molecule has 20 heavy (non-hydrogen) atoms. The molecule has 0 bridgehead atoms. The van der Waals surface area contributed by atoms with Gasteiger partial charge in [-0.15, -0.1) is 11.6 Å². The van der Waals surface area contributed by atoms with Gasteiger partial charge in [0.2, 0.25) is 0 Å². The van der Waals surface area contributed by atoms with E-state index in [4.69, 9.17) is 16.3 Å². The maximum Gasteiger partial charge on any atom is 0.251 e. The zero-order chi connectivity index (χ0) is 15.2. The Balaban J connectivity index is 2.77. The highest BCUT2D eigenvalue weighted by atomic mass is 35.5. The van der Waals surface area contributed by atoms with Gasteiger partial charge in [-0.05, 0) is 30.7 Å². The molecule has 0 heterocycles. The van der Waals surface area contributed by atoms with Gasteiger partial charge in [-0.2, -0.15) is 0 Å². The van der Waals surface area contributed by atoms with Gasteiger partial charge in [-0.3, -0.25) is 4.79 Å². The lowest BCUT2D eigenvalue weighted by Gasteiger charge is -2.16. The summed E-state index contributed by atoms with van der Waals surface area (Å²) in [5.41, 5.74) is 0.396. The molecule has 0 radical (unpaired) electrons. The van der Waals surface area contributed by atoms with Crippen LogP contribution in [0.2, 0.25) is 0 Å². The fourth-order valence-electron chi connectivity index (χ4n) is 1.65. The largest absolute Gasteiger partial charge is 0.383 e. The number of amides is 1. The van der Waals surface area contributed by atoms with Gasteiger partial charge >= 0.3 is 0 Å². The van der Waals surface area contributed by atoms with Crippen molar-refractivity contribution in [3.63, 3.8) is 0 Å². The molecule has 0 aliphatic rings. The van der Waals surface area contributed by atoms with E-state index in [9.17, 15) is 13.2 Å². The molecule has 0 aliphatic heterocycles. The number of alkyl halides is 1. The molecule has 0 aliphatic carbocycles. The molecule has 0 saturated carbocycles. The van der Waals surface area contributed by atoms with Crippen LogP contribution in [-0.2, 0) is 14.6 Å². The number of nitrogens with one attached hydrogen (secondary N) is 1. The van der Waals surface area contributed by atoms with E-state index in [1.54, 1.807) is 7.11 Å². The van der Waals surface area contributed by atoms with E-state index in [1.807, 2.05) is 0 Å². The molecular formula is C13H18ClNO4S. The Hall–Kier alpha value is -1.11. The van der Waals surface area contributed by atoms with E-state index < -0.39 is 9.84 Å². The molecule has 1 unspecified atom stereocenters. The molecular weight excluding hydrogens is 302 g/mol. The SMILES string of the molecule is COCC(CCCl)NC(=O)c1ccc(S(C)(=O)=O)cc1. The Morgan fingerprint density at radius 2 is 1.95 bits per heavy atom. The van der Waals surface area contributed by atoms with E-state index >= 15 is 0 Å². The second-order valence-corrected chi connectivity index (χ2v) is 6.79. The van der Waals surface area contributed by atoms with Crippen molar-refractivity contribution in [2.24, 2.45) is 0 Å². The van der Waals surface area contributed by atoms with E-state index in [2.05, 4.69) is 5.32 Å². The predicted molar refractivity (Wildman–Crippen MR) is 78.0 cm³/mol. The number of hydrogen-bond donors (Lipinski definition) is 1. The predicted octanol–water partition coefficient (Wildman–Crippen LogP) is 1.46. The van der Waals surface area contributed by atoms with Gasteiger partial charge in [0.15, 0.2) is 9.84 Å². The highest BCUT2D eigenvalue weighted by Crippen LogP contribution is 2.10. The Bertz CT molecular complexity index is 536. The summed E-state index contributed by atoms with van der Waals surface area (Å²) in [6.45, 7) is 0.375. The van der Waals surface area contributed by atoms with Crippen molar-refractivity contribution in [3.05, 3.63) is 29.8 Å². The molecule has 1 rings (SSSR count). The molecule has 0 spiro atoms. The van der Waals surface area contributed by atoms with E-state index in [-0.39, 0.29) is 16.8 Å². The summed E-state index contributed by atoms with van der Waals surface area (Å²) >= 11 is 5.66. The van der Waals surface area contributed by atoms with Crippen LogP contribution in [0.25, 0.3) is 0 Å². The standard InChI is InChI=1S/C13H18ClNO4S/c1-19-9-11(7-8-14)15-13(16)10-3-5-12(6-4-10)20(2,17)18/h3-6,11H,7-9H2,1-2H3,(H,15,16). The highest BCUT2D eigenvalue weighted by Gasteiger charge is 2.14. The monoisotopic (exact) mass is 319 g/mol. The first-order chi connectivity index (χ1) is 9.38. The van der Waals surface area contributed by atoms with Gasteiger partial charge in [0.25, 0.3) is 5.91 Å². The van der Waals surface area contributed by atoms with Gasteiger partial charge in [-0.25, -0.2) is 8.42 Å². The van der Waals surface area contributed by atoms with Gasteiger partial charge < -0.3 is 10.1 Å². The first kappa shape index (κ1) is 16.9. The number of hydrogen-bond acceptors (Lipinski definition) is 4. The van der Waals surface area contributed by atoms with Gasteiger partial charge in [-0.1, -0.05) is 0 Å². The second-order valence-electron chi connectivity index (χ2n) is 4.40. The zero-order valence-electron chi connectivity index (χ0n) is 11.4. The number of carbonyl (C=O) groups is 1. The molecule has 0 aromatic heterocycles. The summed E-state index contributed by atoms with van der Waals surface area (Å²) in [5.74, 6) is 0.138. The number of sulfone groups is 1. The normalized spacial score (nSPS) is 12.9. The number of halogens is 1. The third-order valence-electron chi connectivity index (χ3n) is 2.71. The Kier molecular flexibility index (Phi) is 6.45. The lowest BCUT2D eigenvalue weighted by atomic mass is 10.2. The van der Waals surface area contributed by atoms with E-state index in [1.165, 1.54) is 24.3 Å². The van der Waals surface area contributed by atoms with Crippen molar-refractivity contribution < 1.29 is 17.9 Å². The van der Waals surface area contributed by atoms with Crippen LogP contribution in [0.1, 0.15) is 16.8 Å². The van der Waals surface area contributed by atoms with Crippen LogP contribution in [-0.4, -0.2) is 46.2 Å². The number of benzene rings is 1. The third kappa shape index (κ3) is 5.11.